The quantitative estimate of drug-likeness (QED) is 0.775. The lowest BCUT2D eigenvalue weighted by Crippen LogP contribution is -1.97. The molecule has 2 aromatic heterocycles. The molecule has 0 aromatic carbocycles. The number of aryl methyl sites for hydroxylation is 1. The number of anilines is 1. The molecule has 0 unspecified atom stereocenters. The Balaban J connectivity index is 2.21. The zero-order valence-electron chi connectivity index (χ0n) is 8.38. The number of nitrogens with one attached hydrogen (secondary N) is 1. The third kappa shape index (κ3) is 2.24. The Bertz CT molecular complexity index is 454. The van der Waals surface area contributed by atoms with Crippen LogP contribution in [0.3, 0.4) is 0 Å². The topological polar surface area (TPSA) is 68.5 Å². The minimum atomic E-state index is 0.599. The maximum atomic E-state index is 4.27. The maximum absolute atomic E-state index is 4.27. The smallest absolute Gasteiger partial charge is 0.223 e. The Kier molecular flexibility index (Phi) is 2.82. The Morgan fingerprint density at radius 1 is 1.40 bits per heavy atom. The molecule has 2 heterocycles. The largest absolute Gasteiger partial charge is 0.357 e. The number of nitrogens with zero attached hydrogens (tertiary/aromatic N) is 5. The van der Waals surface area contributed by atoms with Gasteiger partial charge in [0.2, 0.25) is 5.95 Å². The van der Waals surface area contributed by atoms with Crippen molar-refractivity contribution in [2.45, 2.75) is 10.2 Å². The van der Waals surface area contributed by atoms with Gasteiger partial charge in [0.25, 0.3) is 0 Å². The van der Waals surface area contributed by atoms with E-state index in [1.165, 1.54) is 18.1 Å². The van der Waals surface area contributed by atoms with Crippen LogP contribution in [0, 0.1) is 0 Å². The molecule has 2 rings (SSSR count). The van der Waals surface area contributed by atoms with Gasteiger partial charge in [-0.15, -0.1) is 0 Å². The molecular formula is C8H10N6S. The monoisotopic (exact) mass is 222 g/mol. The van der Waals surface area contributed by atoms with E-state index in [-0.39, 0.29) is 0 Å². The van der Waals surface area contributed by atoms with Gasteiger partial charge in [0.15, 0.2) is 5.16 Å². The number of hydrogen-bond acceptors (Lipinski definition) is 6. The summed E-state index contributed by atoms with van der Waals surface area (Å²) in [4.78, 5) is 12.4. The molecule has 1 N–H and O–H groups in total. The lowest BCUT2D eigenvalue weighted by atomic mass is 10.7. The fourth-order valence-corrected chi connectivity index (χ4v) is 1.72. The summed E-state index contributed by atoms with van der Waals surface area (Å²) in [6, 6.07) is 1.83. The SMILES string of the molecule is CNc1nccc(Sc2ncnn2C)n1. The molecule has 6 nitrogen and oxygen atoms in total. The first kappa shape index (κ1) is 9.91. The van der Waals surface area contributed by atoms with Crippen molar-refractivity contribution in [2.75, 3.05) is 12.4 Å². The summed E-state index contributed by atoms with van der Waals surface area (Å²) < 4.78 is 1.70. The minimum absolute atomic E-state index is 0.599. The van der Waals surface area contributed by atoms with Crippen LogP contribution >= 0.6 is 11.8 Å². The van der Waals surface area contributed by atoms with Crippen molar-refractivity contribution >= 4 is 17.7 Å². The summed E-state index contributed by atoms with van der Waals surface area (Å²) in [6.45, 7) is 0. The predicted octanol–water partition coefficient (Wildman–Crippen LogP) is 0.798. The summed E-state index contributed by atoms with van der Waals surface area (Å²) in [5.74, 6) is 0.599. The van der Waals surface area contributed by atoms with E-state index in [4.69, 9.17) is 0 Å². The summed E-state index contributed by atoms with van der Waals surface area (Å²) >= 11 is 1.45. The van der Waals surface area contributed by atoms with Crippen LogP contribution in [0.1, 0.15) is 0 Å². The second-order valence-electron chi connectivity index (χ2n) is 2.74. The predicted molar refractivity (Wildman–Crippen MR) is 56.7 cm³/mol. The van der Waals surface area contributed by atoms with Crippen molar-refractivity contribution in [3.05, 3.63) is 18.6 Å². The molecule has 0 fully saturated rings. The van der Waals surface area contributed by atoms with Crippen LogP contribution in [0.4, 0.5) is 5.95 Å². The maximum Gasteiger partial charge on any atom is 0.223 e. The third-order valence-electron chi connectivity index (χ3n) is 1.72. The van der Waals surface area contributed by atoms with E-state index in [0.29, 0.717) is 5.95 Å². The highest BCUT2D eigenvalue weighted by atomic mass is 32.2. The van der Waals surface area contributed by atoms with Gasteiger partial charge in [-0.1, -0.05) is 0 Å². The highest BCUT2D eigenvalue weighted by Gasteiger charge is 2.05. The first-order valence-electron chi connectivity index (χ1n) is 4.32. The molecule has 0 aliphatic rings. The Hall–Kier alpha value is -1.63. The van der Waals surface area contributed by atoms with E-state index in [2.05, 4.69) is 25.4 Å². The molecule has 0 aliphatic carbocycles. The zero-order valence-corrected chi connectivity index (χ0v) is 9.19. The molecule has 0 atom stereocenters. The molecule has 15 heavy (non-hydrogen) atoms. The molecule has 7 heteroatoms. The van der Waals surface area contributed by atoms with Gasteiger partial charge in [-0.05, 0) is 17.8 Å². The molecule has 0 bridgehead atoms. The van der Waals surface area contributed by atoms with Crippen molar-refractivity contribution in [3.63, 3.8) is 0 Å². The third-order valence-corrected chi connectivity index (χ3v) is 2.71. The highest BCUT2D eigenvalue weighted by molar-refractivity contribution is 7.99. The number of hydrogen-bond donors (Lipinski definition) is 1. The van der Waals surface area contributed by atoms with Crippen molar-refractivity contribution in [1.82, 2.24) is 24.7 Å². The van der Waals surface area contributed by atoms with Gasteiger partial charge in [0.05, 0.1) is 0 Å². The Morgan fingerprint density at radius 3 is 2.93 bits per heavy atom. The molecule has 0 saturated heterocycles. The van der Waals surface area contributed by atoms with Gasteiger partial charge in [-0.25, -0.2) is 19.6 Å². The molecule has 0 amide bonds. The van der Waals surface area contributed by atoms with Crippen LogP contribution in [0.5, 0.6) is 0 Å². The average Bonchev–Trinajstić information content (AvgIpc) is 2.65. The molecule has 0 radical (unpaired) electrons. The van der Waals surface area contributed by atoms with Crippen LogP contribution in [0.15, 0.2) is 28.8 Å². The second kappa shape index (κ2) is 4.26. The van der Waals surface area contributed by atoms with E-state index in [1.807, 2.05) is 13.1 Å². The molecular weight excluding hydrogens is 212 g/mol. The van der Waals surface area contributed by atoms with Crippen molar-refractivity contribution in [2.24, 2.45) is 7.05 Å². The summed E-state index contributed by atoms with van der Waals surface area (Å²) in [5.41, 5.74) is 0. The molecule has 2 aromatic rings. The summed E-state index contributed by atoms with van der Waals surface area (Å²) in [7, 11) is 3.63. The molecule has 0 aliphatic heterocycles. The van der Waals surface area contributed by atoms with Gasteiger partial charge < -0.3 is 5.32 Å². The highest BCUT2D eigenvalue weighted by Crippen LogP contribution is 2.23. The van der Waals surface area contributed by atoms with Crippen LogP contribution < -0.4 is 5.32 Å². The van der Waals surface area contributed by atoms with E-state index >= 15 is 0 Å². The van der Waals surface area contributed by atoms with Crippen molar-refractivity contribution in [1.29, 1.82) is 0 Å². The van der Waals surface area contributed by atoms with Gasteiger partial charge in [-0.3, -0.25) is 0 Å². The lowest BCUT2D eigenvalue weighted by molar-refractivity contribution is 0.684. The van der Waals surface area contributed by atoms with Crippen LogP contribution in [0.25, 0.3) is 0 Å². The van der Waals surface area contributed by atoms with Crippen molar-refractivity contribution in [3.8, 4) is 0 Å². The first-order valence-corrected chi connectivity index (χ1v) is 5.14. The first-order chi connectivity index (χ1) is 7.29. The lowest BCUT2D eigenvalue weighted by Gasteiger charge is -2.01. The standard InChI is InChI=1S/C8H10N6S/c1-9-7-10-4-3-6(13-7)15-8-11-5-12-14(8)2/h3-5H,1-2H3,(H,9,10,13). The van der Waals surface area contributed by atoms with Gasteiger partial charge in [0, 0.05) is 20.3 Å². The van der Waals surface area contributed by atoms with Crippen LogP contribution in [0.2, 0.25) is 0 Å². The Morgan fingerprint density at radius 2 is 2.27 bits per heavy atom. The number of rotatable bonds is 3. The van der Waals surface area contributed by atoms with E-state index in [1.54, 1.807) is 17.9 Å². The van der Waals surface area contributed by atoms with E-state index in [0.717, 1.165) is 10.2 Å². The van der Waals surface area contributed by atoms with Crippen LogP contribution in [-0.2, 0) is 7.05 Å². The fraction of sp³-hybridized carbons (Fsp3) is 0.250. The zero-order chi connectivity index (χ0) is 10.7. The van der Waals surface area contributed by atoms with Gasteiger partial charge in [-0.2, -0.15) is 5.10 Å². The second-order valence-corrected chi connectivity index (χ2v) is 3.72. The molecule has 0 saturated carbocycles. The Labute approximate surface area is 91.2 Å². The molecule has 78 valence electrons. The average molecular weight is 222 g/mol. The van der Waals surface area contributed by atoms with Crippen molar-refractivity contribution < 1.29 is 0 Å². The van der Waals surface area contributed by atoms with Gasteiger partial charge in [0.1, 0.15) is 11.4 Å². The molecule has 0 spiro atoms. The summed E-state index contributed by atoms with van der Waals surface area (Å²) in [5, 5.41) is 8.50. The summed E-state index contributed by atoms with van der Waals surface area (Å²) in [6.07, 6.45) is 3.22. The van der Waals surface area contributed by atoms with Gasteiger partial charge >= 0.3 is 0 Å². The van der Waals surface area contributed by atoms with E-state index < -0.39 is 0 Å². The van der Waals surface area contributed by atoms with E-state index in [9.17, 15) is 0 Å². The minimum Gasteiger partial charge on any atom is -0.357 e. The fourth-order valence-electron chi connectivity index (χ4n) is 0.991. The normalized spacial score (nSPS) is 10.3. The number of aromatic nitrogens is 5. The van der Waals surface area contributed by atoms with Crippen LogP contribution in [-0.4, -0.2) is 31.8 Å².